The van der Waals surface area contributed by atoms with E-state index in [9.17, 15) is 23.3 Å². The van der Waals surface area contributed by atoms with Gasteiger partial charge in [-0.25, -0.2) is 13.8 Å². The number of hydrogen-bond acceptors (Lipinski definition) is 4. The molecule has 0 fully saturated rings. The zero-order valence-electron chi connectivity index (χ0n) is 6.58. The van der Waals surface area contributed by atoms with Crippen molar-refractivity contribution in [2.75, 3.05) is 5.73 Å². The van der Waals surface area contributed by atoms with Gasteiger partial charge in [0.2, 0.25) is 5.95 Å². The molecular formula is C6H4F3N3O2. The summed E-state index contributed by atoms with van der Waals surface area (Å²) in [5.41, 5.74) is 1.81. The third-order valence-electron chi connectivity index (χ3n) is 1.49. The third-order valence-corrected chi connectivity index (χ3v) is 1.49. The SMILES string of the molecule is Nc1c(F)ncc(C(F)F)c1[N+](=O)[O-]. The number of nitrogens with zero attached hydrogens (tertiary/aromatic N) is 2. The molecule has 1 rings (SSSR count). The van der Waals surface area contributed by atoms with Crippen molar-refractivity contribution in [3.8, 4) is 0 Å². The molecule has 1 aromatic rings. The van der Waals surface area contributed by atoms with Gasteiger partial charge in [-0.15, -0.1) is 0 Å². The zero-order chi connectivity index (χ0) is 10.9. The standard InChI is InChI=1S/C6H4F3N3O2/c7-5(8)2-1-11-6(9)3(10)4(2)12(13)14/h1,5H,10H2. The van der Waals surface area contributed by atoms with Crippen molar-refractivity contribution >= 4 is 11.4 Å². The molecule has 0 aliphatic rings. The lowest BCUT2D eigenvalue weighted by Crippen LogP contribution is -2.05. The number of nitrogen functional groups attached to an aromatic ring is 1. The summed E-state index contributed by atoms with van der Waals surface area (Å²) >= 11 is 0. The molecule has 0 aliphatic carbocycles. The highest BCUT2D eigenvalue weighted by molar-refractivity contribution is 5.61. The molecule has 0 spiro atoms. The summed E-state index contributed by atoms with van der Waals surface area (Å²) in [5.74, 6) is -1.33. The van der Waals surface area contributed by atoms with Crippen LogP contribution in [0.5, 0.6) is 0 Å². The molecule has 8 heteroatoms. The van der Waals surface area contributed by atoms with Crippen LogP contribution in [-0.4, -0.2) is 9.91 Å². The van der Waals surface area contributed by atoms with Gasteiger partial charge in [0, 0.05) is 6.20 Å². The first kappa shape index (κ1) is 10.2. The Kier molecular flexibility index (Phi) is 2.54. The summed E-state index contributed by atoms with van der Waals surface area (Å²) in [6.07, 6.45) is -2.72. The van der Waals surface area contributed by atoms with E-state index >= 15 is 0 Å². The van der Waals surface area contributed by atoms with Crippen LogP contribution < -0.4 is 5.73 Å². The lowest BCUT2D eigenvalue weighted by molar-refractivity contribution is -0.385. The minimum absolute atomic E-state index is 0.397. The minimum Gasteiger partial charge on any atom is -0.389 e. The van der Waals surface area contributed by atoms with Gasteiger partial charge in [-0.05, 0) is 0 Å². The fourth-order valence-electron chi connectivity index (χ4n) is 0.874. The second-order valence-electron chi connectivity index (χ2n) is 2.32. The number of alkyl halides is 2. The Morgan fingerprint density at radius 3 is 2.57 bits per heavy atom. The van der Waals surface area contributed by atoms with Crippen molar-refractivity contribution in [2.24, 2.45) is 0 Å². The maximum atomic E-state index is 12.6. The van der Waals surface area contributed by atoms with E-state index in [0.29, 0.717) is 6.20 Å². The van der Waals surface area contributed by atoms with Gasteiger partial charge in [0.1, 0.15) is 5.56 Å². The second kappa shape index (κ2) is 3.48. The molecule has 0 aliphatic heterocycles. The van der Waals surface area contributed by atoms with Crippen molar-refractivity contribution in [3.63, 3.8) is 0 Å². The van der Waals surface area contributed by atoms with Crippen molar-refractivity contribution < 1.29 is 18.1 Å². The van der Waals surface area contributed by atoms with E-state index in [0.717, 1.165) is 0 Å². The third kappa shape index (κ3) is 1.58. The fraction of sp³-hybridized carbons (Fsp3) is 0.167. The van der Waals surface area contributed by atoms with E-state index in [1.165, 1.54) is 0 Å². The van der Waals surface area contributed by atoms with Gasteiger partial charge in [0.05, 0.1) is 4.92 Å². The number of halogens is 3. The monoisotopic (exact) mass is 207 g/mol. The highest BCUT2D eigenvalue weighted by atomic mass is 19.3. The van der Waals surface area contributed by atoms with Crippen LogP contribution >= 0.6 is 0 Å². The summed E-state index contributed by atoms with van der Waals surface area (Å²) in [6, 6.07) is 0. The summed E-state index contributed by atoms with van der Waals surface area (Å²) in [7, 11) is 0. The first-order valence-corrected chi connectivity index (χ1v) is 3.31. The Balaban J connectivity index is 3.45. The van der Waals surface area contributed by atoms with Crippen LogP contribution in [0.1, 0.15) is 12.0 Å². The van der Waals surface area contributed by atoms with Gasteiger partial charge in [-0.3, -0.25) is 10.1 Å². The van der Waals surface area contributed by atoms with Gasteiger partial charge < -0.3 is 5.73 Å². The van der Waals surface area contributed by atoms with E-state index in [4.69, 9.17) is 5.73 Å². The fourth-order valence-corrected chi connectivity index (χ4v) is 0.874. The number of pyridine rings is 1. The molecule has 1 aromatic heterocycles. The van der Waals surface area contributed by atoms with E-state index < -0.39 is 34.2 Å². The zero-order valence-corrected chi connectivity index (χ0v) is 6.58. The number of nitrogens with two attached hydrogens (primary N) is 1. The summed E-state index contributed by atoms with van der Waals surface area (Å²) in [6.45, 7) is 0. The Morgan fingerprint density at radius 2 is 2.14 bits per heavy atom. The van der Waals surface area contributed by atoms with Gasteiger partial charge in [-0.1, -0.05) is 0 Å². The number of rotatable bonds is 2. The Labute approximate surface area is 75.5 Å². The lowest BCUT2D eigenvalue weighted by Gasteiger charge is -2.03. The molecule has 0 bridgehead atoms. The van der Waals surface area contributed by atoms with Crippen molar-refractivity contribution in [1.29, 1.82) is 0 Å². The average molecular weight is 207 g/mol. The molecule has 0 saturated carbocycles. The van der Waals surface area contributed by atoms with E-state index in [2.05, 4.69) is 4.98 Å². The molecule has 0 amide bonds. The minimum atomic E-state index is -3.12. The van der Waals surface area contributed by atoms with Crippen molar-refractivity contribution in [3.05, 3.63) is 27.8 Å². The number of aromatic nitrogens is 1. The summed E-state index contributed by atoms with van der Waals surface area (Å²) in [4.78, 5) is 12.0. The summed E-state index contributed by atoms with van der Waals surface area (Å²) < 4.78 is 37.0. The van der Waals surface area contributed by atoms with Crippen molar-refractivity contribution in [1.82, 2.24) is 4.98 Å². The smallest absolute Gasteiger partial charge is 0.307 e. The first-order valence-electron chi connectivity index (χ1n) is 3.31. The first-order chi connectivity index (χ1) is 6.45. The molecular weight excluding hydrogens is 203 g/mol. The van der Waals surface area contributed by atoms with E-state index in [-0.39, 0.29) is 0 Å². The maximum absolute atomic E-state index is 12.6. The highest BCUT2D eigenvalue weighted by Gasteiger charge is 2.27. The number of hydrogen-bond donors (Lipinski definition) is 1. The van der Waals surface area contributed by atoms with Gasteiger partial charge >= 0.3 is 5.69 Å². The van der Waals surface area contributed by atoms with Gasteiger partial charge in [0.25, 0.3) is 6.43 Å². The molecule has 0 atom stereocenters. The van der Waals surface area contributed by atoms with Crippen LogP contribution in [0.3, 0.4) is 0 Å². The Hall–Kier alpha value is -1.86. The second-order valence-corrected chi connectivity index (χ2v) is 2.32. The molecule has 2 N–H and O–H groups in total. The van der Waals surface area contributed by atoms with E-state index in [1.54, 1.807) is 0 Å². The van der Waals surface area contributed by atoms with E-state index in [1.807, 2.05) is 0 Å². The maximum Gasteiger partial charge on any atom is 0.307 e. The molecule has 5 nitrogen and oxygen atoms in total. The molecule has 0 radical (unpaired) electrons. The molecule has 0 saturated heterocycles. The predicted octanol–water partition coefficient (Wildman–Crippen LogP) is 1.65. The predicted molar refractivity (Wildman–Crippen MR) is 40.2 cm³/mol. The van der Waals surface area contributed by atoms with Crippen LogP contribution in [-0.2, 0) is 0 Å². The number of anilines is 1. The molecule has 1 heterocycles. The summed E-state index contributed by atoms with van der Waals surface area (Å²) in [5, 5.41) is 10.3. The molecule has 0 unspecified atom stereocenters. The van der Waals surface area contributed by atoms with Crippen molar-refractivity contribution in [2.45, 2.75) is 6.43 Å². The van der Waals surface area contributed by atoms with Crippen LogP contribution in [0.2, 0.25) is 0 Å². The highest BCUT2D eigenvalue weighted by Crippen LogP contribution is 2.33. The Morgan fingerprint density at radius 1 is 1.57 bits per heavy atom. The molecule has 14 heavy (non-hydrogen) atoms. The topological polar surface area (TPSA) is 82.0 Å². The molecule has 76 valence electrons. The average Bonchev–Trinajstić information content (AvgIpc) is 2.08. The molecule has 0 aromatic carbocycles. The lowest BCUT2D eigenvalue weighted by atomic mass is 10.2. The largest absolute Gasteiger partial charge is 0.389 e. The van der Waals surface area contributed by atoms with Crippen LogP contribution in [0.15, 0.2) is 6.20 Å². The van der Waals surface area contributed by atoms with Crippen LogP contribution in [0.4, 0.5) is 24.5 Å². The van der Waals surface area contributed by atoms with Crippen LogP contribution in [0, 0.1) is 16.1 Å². The van der Waals surface area contributed by atoms with Gasteiger partial charge in [0.15, 0.2) is 5.69 Å². The van der Waals surface area contributed by atoms with Crippen LogP contribution in [0.25, 0.3) is 0 Å². The quantitative estimate of drug-likeness (QED) is 0.454. The number of nitro groups is 1. The van der Waals surface area contributed by atoms with Gasteiger partial charge in [-0.2, -0.15) is 4.39 Å². The normalized spacial score (nSPS) is 10.6. The Bertz CT molecular complexity index is 383.